The van der Waals surface area contributed by atoms with Crippen LogP contribution in [0.15, 0.2) is 23.1 Å². The fourth-order valence-corrected chi connectivity index (χ4v) is 4.46. The van der Waals surface area contributed by atoms with Gasteiger partial charge in [-0.2, -0.15) is 4.31 Å². The summed E-state index contributed by atoms with van der Waals surface area (Å²) in [4.78, 5) is 14.6. The number of hydrogen-bond donors (Lipinski definition) is 0. The lowest BCUT2D eigenvalue weighted by atomic mass is 10.2. The number of benzene rings is 1. The zero-order valence-electron chi connectivity index (χ0n) is 16.3. The molecular formula is C17H30N4O4S. The van der Waals surface area contributed by atoms with Crippen LogP contribution in [0.25, 0.3) is 0 Å². The van der Waals surface area contributed by atoms with Gasteiger partial charge in [0, 0.05) is 24.7 Å². The molecule has 0 saturated carbocycles. The minimum atomic E-state index is -3.79. The van der Waals surface area contributed by atoms with E-state index in [2.05, 4.69) is 0 Å². The first-order valence-corrected chi connectivity index (χ1v) is 10.0. The third kappa shape index (κ3) is 6.31. The molecule has 0 saturated heterocycles. The molecule has 1 rings (SSSR count). The van der Waals surface area contributed by atoms with Crippen LogP contribution in [0, 0.1) is 17.0 Å². The second kappa shape index (κ2) is 9.96. The van der Waals surface area contributed by atoms with Gasteiger partial charge in [-0.15, -0.1) is 0 Å². The van der Waals surface area contributed by atoms with E-state index in [1.165, 1.54) is 29.4 Å². The molecule has 26 heavy (non-hydrogen) atoms. The summed E-state index contributed by atoms with van der Waals surface area (Å²) < 4.78 is 27.8. The van der Waals surface area contributed by atoms with Gasteiger partial charge in [-0.1, -0.05) is 6.07 Å². The topological polar surface area (TPSA) is 87.0 Å². The van der Waals surface area contributed by atoms with Gasteiger partial charge in [0.1, 0.15) is 0 Å². The highest BCUT2D eigenvalue weighted by Gasteiger charge is 2.28. The summed E-state index contributed by atoms with van der Waals surface area (Å²) >= 11 is 0. The number of sulfonamides is 1. The highest BCUT2D eigenvalue weighted by atomic mass is 32.2. The molecule has 0 unspecified atom stereocenters. The van der Waals surface area contributed by atoms with Crippen LogP contribution >= 0.6 is 0 Å². The molecule has 0 heterocycles. The van der Waals surface area contributed by atoms with Crippen LogP contribution in [0.1, 0.15) is 18.4 Å². The Morgan fingerprint density at radius 3 is 1.88 bits per heavy atom. The molecule has 9 heteroatoms. The van der Waals surface area contributed by atoms with Crippen LogP contribution in [0.2, 0.25) is 0 Å². The number of nitro benzene ring substituents is 1. The maximum Gasteiger partial charge on any atom is 0.273 e. The molecule has 0 N–H and O–H groups in total. The number of nitro groups is 1. The standard InChI is InChI=1S/C17H30N4O4S/c1-15-16(21(22)23)9-6-10-17(15)26(24,25)20(13-7-11-18(2)3)14-8-12-19(4)5/h6,9-10H,7-8,11-14H2,1-5H3. The quantitative estimate of drug-likeness (QED) is 0.426. The summed E-state index contributed by atoms with van der Waals surface area (Å²) in [6.45, 7) is 3.80. The number of hydrogen-bond acceptors (Lipinski definition) is 6. The van der Waals surface area contributed by atoms with Crippen molar-refractivity contribution in [1.82, 2.24) is 14.1 Å². The molecule has 0 amide bonds. The molecule has 8 nitrogen and oxygen atoms in total. The number of rotatable bonds is 11. The first kappa shape index (κ1) is 22.5. The van der Waals surface area contributed by atoms with E-state index >= 15 is 0 Å². The van der Waals surface area contributed by atoms with Crippen LogP contribution in [-0.4, -0.2) is 81.8 Å². The van der Waals surface area contributed by atoms with E-state index < -0.39 is 14.9 Å². The summed E-state index contributed by atoms with van der Waals surface area (Å²) in [5, 5.41) is 11.2. The Hall–Kier alpha value is -1.55. The maximum atomic E-state index is 13.2. The van der Waals surface area contributed by atoms with E-state index in [1.54, 1.807) is 0 Å². The van der Waals surface area contributed by atoms with Gasteiger partial charge in [-0.25, -0.2) is 8.42 Å². The van der Waals surface area contributed by atoms with Crippen molar-refractivity contribution in [3.05, 3.63) is 33.9 Å². The average Bonchev–Trinajstić information content (AvgIpc) is 2.52. The largest absolute Gasteiger partial charge is 0.309 e. The van der Waals surface area contributed by atoms with E-state index in [4.69, 9.17) is 0 Å². The molecular weight excluding hydrogens is 356 g/mol. The van der Waals surface area contributed by atoms with Gasteiger partial charge < -0.3 is 9.80 Å². The Bertz CT molecular complexity index is 691. The highest BCUT2D eigenvalue weighted by Crippen LogP contribution is 2.27. The molecule has 1 aromatic rings. The van der Waals surface area contributed by atoms with Crippen LogP contribution in [0.4, 0.5) is 5.69 Å². The normalized spacial score (nSPS) is 12.3. The predicted octanol–water partition coefficient (Wildman–Crippen LogP) is 1.80. The van der Waals surface area contributed by atoms with Gasteiger partial charge in [-0.3, -0.25) is 10.1 Å². The van der Waals surface area contributed by atoms with Gasteiger partial charge in [0.2, 0.25) is 10.0 Å². The molecule has 0 aliphatic carbocycles. The molecule has 0 aliphatic rings. The molecule has 148 valence electrons. The monoisotopic (exact) mass is 386 g/mol. The molecule has 0 radical (unpaired) electrons. The summed E-state index contributed by atoms with van der Waals surface area (Å²) in [5.74, 6) is 0. The maximum absolute atomic E-state index is 13.2. The summed E-state index contributed by atoms with van der Waals surface area (Å²) in [5.41, 5.74) is 0.00956. The lowest BCUT2D eigenvalue weighted by molar-refractivity contribution is -0.385. The molecule has 0 fully saturated rings. The Kier molecular flexibility index (Phi) is 8.61. The van der Waals surface area contributed by atoms with Gasteiger partial charge in [0.05, 0.1) is 9.82 Å². The van der Waals surface area contributed by atoms with Crippen LogP contribution in [-0.2, 0) is 10.0 Å². The Balaban J connectivity index is 3.12. The van der Waals surface area contributed by atoms with E-state index in [1.807, 2.05) is 38.0 Å². The molecule has 0 bridgehead atoms. The van der Waals surface area contributed by atoms with Crippen molar-refractivity contribution in [2.45, 2.75) is 24.7 Å². The SMILES string of the molecule is Cc1c([N+](=O)[O-])cccc1S(=O)(=O)N(CCCN(C)C)CCCN(C)C. The van der Waals surface area contributed by atoms with E-state index in [-0.39, 0.29) is 16.1 Å². The van der Waals surface area contributed by atoms with Gasteiger partial charge in [0.15, 0.2) is 0 Å². The van der Waals surface area contributed by atoms with E-state index in [0.29, 0.717) is 25.9 Å². The van der Waals surface area contributed by atoms with Gasteiger partial charge in [-0.05, 0) is 67.1 Å². The minimum absolute atomic E-state index is 0.0152. The Morgan fingerprint density at radius 2 is 1.46 bits per heavy atom. The summed E-state index contributed by atoms with van der Waals surface area (Å²) in [6, 6.07) is 4.20. The summed E-state index contributed by atoms with van der Waals surface area (Å²) in [6.07, 6.45) is 1.39. The minimum Gasteiger partial charge on any atom is -0.309 e. The van der Waals surface area contributed by atoms with Crippen molar-refractivity contribution in [3.8, 4) is 0 Å². The lowest BCUT2D eigenvalue weighted by Crippen LogP contribution is -2.36. The molecule has 0 atom stereocenters. The predicted molar refractivity (Wildman–Crippen MR) is 103 cm³/mol. The Labute approximate surface area is 156 Å². The van der Waals surface area contributed by atoms with E-state index in [9.17, 15) is 18.5 Å². The number of nitrogens with zero attached hydrogens (tertiary/aromatic N) is 4. The van der Waals surface area contributed by atoms with Crippen molar-refractivity contribution in [2.24, 2.45) is 0 Å². The fraction of sp³-hybridized carbons (Fsp3) is 0.647. The average molecular weight is 387 g/mol. The highest BCUT2D eigenvalue weighted by molar-refractivity contribution is 7.89. The van der Waals surface area contributed by atoms with E-state index in [0.717, 1.165) is 13.1 Å². The molecule has 1 aromatic carbocycles. The second-order valence-electron chi connectivity index (χ2n) is 6.88. The third-order valence-corrected chi connectivity index (χ3v) is 6.14. The lowest BCUT2D eigenvalue weighted by Gasteiger charge is -2.24. The van der Waals surface area contributed by atoms with Crippen molar-refractivity contribution in [2.75, 3.05) is 54.4 Å². The molecule has 0 spiro atoms. The van der Waals surface area contributed by atoms with Crippen LogP contribution in [0.3, 0.4) is 0 Å². The van der Waals surface area contributed by atoms with Crippen LogP contribution in [0.5, 0.6) is 0 Å². The van der Waals surface area contributed by atoms with Crippen molar-refractivity contribution in [3.63, 3.8) is 0 Å². The zero-order chi connectivity index (χ0) is 19.9. The smallest absolute Gasteiger partial charge is 0.273 e. The second-order valence-corrected chi connectivity index (χ2v) is 8.78. The Morgan fingerprint density at radius 1 is 0.962 bits per heavy atom. The van der Waals surface area contributed by atoms with Crippen molar-refractivity contribution in [1.29, 1.82) is 0 Å². The first-order valence-electron chi connectivity index (χ1n) is 8.61. The van der Waals surface area contributed by atoms with Crippen molar-refractivity contribution < 1.29 is 13.3 Å². The summed E-state index contributed by atoms with van der Waals surface area (Å²) in [7, 11) is 3.97. The van der Waals surface area contributed by atoms with Gasteiger partial charge >= 0.3 is 0 Å². The zero-order valence-corrected chi connectivity index (χ0v) is 17.1. The van der Waals surface area contributed by atoms with Crippen LogP contribution < -0.4 is 0 Å². The fourth-order valence-electron chi connectivity index (χ4n) is 2.70. The van der Waals surface area contributed by atoms with Crippen molar-refractivity contribution >= 4 is 15.7 Å². The third-order valence-electron chi connectivity index (χ3n) is 4.10. The molecule has 0 aliphatic heterocycles. The molecule has 0 aromatic heterocycles. The first-order chi connectivity index (χ1) is 12.1. The van der Waals surface area contributed by atoms with Gasteiger partial charge in [0.25, 0.3) is 5.69 Å².